The Labute approximate surface area is 84.5 Å². The van der Waals surface area contributed by atoms with Crippen molar-refractivity contribution in [1.82, 2.24) is 0 Å². The predicted molar refractivity (Wildman–Crippen MR) is 45.1 cm³/mol. The van der Waals surface area contributed by atoms with Crippen LogP contribution in [-0.2, 0) is 9.53 Å². The van der Waals surface area contributed by atoms with Gasteiger partial charge in [-0.1, -0.05) is 6.58 Å². The first-order valence-corrected chi connectivity index (χ1v) is 4.31. The van der Waals surface area contributed by atoms with Gasteiger partial charge in [-0.15, -0.1) is 0 Å². The monoisotopic (exact) mass is 224 g/mol. The SMILES string of the molecule is C=C(C)C(=O)C(O)C1COC1C(F)(F)F. The van der Waals surface area contributed by atoms with Crippen LogP contribution in [0.25, 0.3) is 0 Å². The van der Waals surface area contributed by atoms with E-state index in [1.807, 2.05) is 0 Å². The number of ether oxygens (including phenoxy) is 1. The van der Waals surface area contributed by atoms with Crippen molar-refractivity contribution in [1.29, 1.82) is 0 Å². The topological polar surface area (TPSA) is 46.5 Å². The van der Waals surface area contributed by atoms with Crippen molar-refractivity contribution >= 4 is 5.78 Å². The lowest BCUT2D eigenvalue weighted by Gasteiger charge is -2.39. The Kier molecular flexibility index (Phi) is 3.20. The van der Waals surface area contributed by atoms with Gasteiger partial charge in [0.1, 0.15) is 6.10 Å². The number of aliphatic hydroxyl groups excluding tert-OH is 1. The Bertz CT molecular complexity index is 285. The highest BCUT2D eigenvalue weighted by molar-refractivity contribution is 5.97. The number of carbonyl (C=O) groups is 1. The van der Waals surface area contributed by atoms with E-state index in [0.29, 0.717) is 0 Å². The minimum Gasteiger partial charge on any atom is -0.384 e. The van der Waals surface area contributed by atoms with E-state index in [4.69, 9.17) is 0 Å². The van der Waals surface area contributed by atoms with Crippen LogP contribution in [0.1, 0.15) is 6.92 Å². The summed E-state index contributed by atoms with van der Waals surface area (Å²) < 4.78 is 40.9. The second kappa shape index (κ2) is 3.94. The highest BCUT2D eigenvalue weighted by atomic mass is 19.4. The van der Waals surface area contributed by atoms with E-state index in [1.54, 1.807) is 0 Å². The fourth-order valence-electron chi connectivity index (χ4n) is 1.34. The van der Waals surface area contributed by atoms with Crippen molar-refractivity contribution in [2.45, 2.75) is 25.3 Å². The Morgan fingerprint density at radius 2 is 2.13 bits per heavy atom. The number of alkyl halides is 3. The largest absolute Gasteiger partial charge is 0.415 e. The Morgan fingerprint density at radius 3 is 2.40 bits per heavy atom. The number of rotatable bonds is 3. The fraction of sp³-hybridized carbons (Fsp3) is 0.667. The van der Waals surface area contributed by atoms with Crippen LogP contribution < -0.4 is 0 Å². The third-order valence-electron chi connectivity index (χ3n) is 2.27. The summed E-state index contributed by atoms with van der Waals surface area (Å²) in [6.45, 7) is 4.35. The van der Waals surface area contributed by atoms with Gasteiger partial charge in [-0.05, 0) is 12.5 Å². The second-order valence-corrected chi connectivity index (χ2v) is 3.55. The van der Waals surface area contributed by atoms with Gasteiger partial charge in [0.05, 0.1) is 12.5 Å². The van der Waals surface area contributed by atoms with Crippen LogP contribution in [0.4, 0.5) is 13.2 Å². The quantitative estimate of drug-likeness (QED) is 0.729. The van der Waals surface area contributed by atoms with E-state index < -0.39 is 30.1 Å². The van der Waals surface area contributed by atoms with Gasteiger partial charge in [0.15, 0.2) is 11.9 Å². The average molecular weight is 224 g/mol. The summed E-state index contributed by atoms with van der Waals surface area (Å²) in [5.74, 6) is -1.98. The van der Waals surface area contributed by atoms with E-state index >= 15 is 0 Å². The molecule has 1 rings (SSSR count). The zero-order valence-corrected chi connectivity index (χ0v) is 8.04. The zero-order valence-electron chi connectivity index (χ0n) is 8.04. The molecule has 1 saturated heterocycles. The molecule has 0 aromatic heterocycles. The lowest BCUT2D eigenvalue weighted by Crippen LogP contribution is -2.56. The minimum atomic E-state index is -4.54. The van der Waals surface area contributed by atoms with Crippen LogP contribution in [0, 0.1) is 5.92 Å². The van der Waals surface area contributed by atoms with Crippen molar-refractivity contribution in [2.24, 2.45) is 5.92 Å². The number of Topliss-reactive ketones (excluding diaryl/α,β-unsaturated/α-hetero) is 1. The van der Waals surface area contributed by atoms with Gasteiger partial charge in [0, 0.05) is 0 Å². The van der Waals surface area contributed by atoms with E-state index in [2.05, 4.69) is 11.3 Å². The number of aliphatic hydroxyl groups is 1. The summed E-state index contributed by atoms with van der Waals surface area (Å²) in [4.78, 5) is 11.2. The fourth-order valence-corrected chi connectivity index (χ4v) is 1.34. The van der Waals surface area contributed by atoms with E-state index in [9.17, 15) is 23.1 Å². The van der Waals surface area contributed by atoms with Crippen molar-refractivity contribution < 1.29 is 27.8 Å². The van der Waals surface area contributed by atoms with Gasteiger partial charge in [-0.2, -0.15) is 13.2 Å². The molecule has 15 heavy (non-hydrogen) atoms. The first kappa shape index (κ1) is 12.2. The summed E-state index contributed by atoms with van der Waals surface area (Å²) >= 11 is 0. The molecule has 3 unspecified atom stereocenters. The van der Waals surface area contributed by atoms with Crippen LogP contribution in [0.15, 0.2) is 12.2 Å². The van der Waals surface area contributed by atoms with Crippen LogP contribution in [0.2, 0.25) is 0 Å². The van der Waals surface area contributed by atoms with E-state index in [0.717, 1.165) is 0 Å². The summed E-state index contributed by atoms with van der Waals surface area (Å²) in [5.41, 5.74) is 0.0373. The van der Waals surface area contributed by atoms with Crippen LogP contribution in [-0.4, -0.2) is 35.9 Å². The lowest BCUT2D eigenvalue weighted by molar-refractivity contribution is -0.299. The first-order valence-electron chi connectivity index (χ1n) is 4.31. The molecule has 0 spiro atoms. The maximum absolute atomic E-state index is 12.2. The molecule has 1 fully saturated rings. The van der Waals surface area contributed by atoms with Crippen molar-refractivity contribution in [3.05, 3.63) is 12.2 Å². The molecule has 0 aliphatic carbocycles. The maximum atomic E-state index is 12.2. The molecule has 1 N–H and O–H groups in total. The number of carbonyl (C=O) groups excluding carboxylic acids is 1. The molecule has 0 radical (unpaired) electrons. The third-order valence-corrected chi connectivity index (χ3v) is 2.27. The first-order chi connectivity index (χ1) is 6.75. The van der Waals surface area contributed by atoms with Gasteiger partial charge >= 0.3 is 6.18 Å². The van der Waals surface area contributed by atoms with Gasteiger partial charge < -0.3 is 9.84 Å². The number of ketones is 1. The summed E-state index contributed by atoms with van der Waals surface area (Å²) in [6, 6.07) is 0. The third kappa shape index (κ3) is 2.38. The molecule has 0 aromatic carbocycles. The molecule has 3 atom stereocenters. The summed E-state index contributed by atoms with van der Waals surface area (Å²) in [7, 11) is 0. The number of hydrogen-bond acceptors (Lipinski definition) is 3. The number of hydrogen-bond donors (Lipinski definition) is 1. The molecule has 0 saturated carbocycles. The molecule has 3 nitrogen and oxygen atoms in total. The summed E-state index contributed by atoms with van der Waals surface area (Å²) in [6.07, 6.45) is -8.27. The molecule has 1 aliphatic heterocycles. The average Bonchev–Trinajstić information content (AvgIpc) is 1.96. The molecular weight excluding hydrogens is 213 g/mol. The van der Waals surface area contributed by atoms with Crippen LogP contribution >= 0.6 is 0 Å². The Morgan fingerprint density at radius 1 is 1.60 bits per heavy atom. The van der Waals surface area contributed by atoms with Gasteiger partial charge in [0.2, 0.25) is 0 Å². The maximum Gasteiger partial charge on any atom is 0.415 e. The molecule has 86 valence electrons. The van der Waals surface area contributed by atoms with Crippen molar-refractivity contribution in [3.8, 4) is 0 Å². The molecule has 1 heterocycles. The van der Waals surface area contributed by atoms with Crippen LogP contribution in [0.3, 0.4) is 0 Å². The highest BCUT2D eigenvalue weighted by Crippen LogP contribution is 2.37. The normalized spacial score (nSPS) is 28.1. The summed E-state index contributed by atoms with van der Waals surface area (Å²) in [5, 5.41) is 9.35. The highest BCUT2D eigenvalue weighted by Gasteiger charge is 2.55. The zero-order chi connectivity index (χ0) is 11.8. The van der Waals surface area contributed by atoms with Gasteiger partial charge in [-0.3, -0.25) is 4.79 Å². The smallest absolute Gasteiger partial charge is 0.384 e. The van der Waals surface area contributed by atoms with Crippen LogP contribution in [0.5, 0.6) is 0 Å². The van der Waals surface area contributed by atoms with E-state index in [1.165, 1.54) is 6.92 Å². The molecule has 6 heteroatoms. The van der Waals surface area contributed by atoms with Crippen molar-refractivity contribution in [3.63, 3.8) is 0 Å². The minimum absolute atomic E-state index is 0.0373. The molecule has 1 aliphatic rings. The van der Waals surface area contributed by atoms with Gasteiger partial charge in [0.25, 0.3) is 0 Å². The van der Waals surface area contributed by atoms with Gasteiger partial charge in [-0.25, -0.2) is 0 Å². The Hall–Kier alpha value is -0.880. The second-order valence-electron chi connectivity index (χ2n) is 3.55. The predicted octanol–water partition coefficient (Wildman–Crippen LogP) is 1.07. The Balaban J connectivity index is 2.66. The molecule has 0 bridgehead atoms. The molecular formula is C9H11F3O3. The van der Waals surface area contributed by atoms with Crippen molar-refractivity contribution in [2.75, 3.05) is 6.61 Å². The molecule has 0 aromatic rings. The standard InChI is InChI=1S/C9H11F3O3/c1-4(2)6(13)7(14)5-3-15-8(5)9(10,11)12/h5,7-8,14H,1,3H2,2H3. The van der Waals surface area contributed by atoms with E-state index in [-0.39, 0.29) is 12.2 Å². The molecule has 0 amide bonds. The number of halogens is 3. The lowest BCUT2D eigenvalue weighted by atomic mass is 9.87.